The monoisotopic (exact) mass is 480 g/mol. The normalized spacial score (nSPS) is 19.9. The first-order valence-corrected chi connectivity index (χ1v) is 12.3. The summed E-state index contributed by atoms with van der Waals surface area (Å²) in [4.78, 5) is 29.0. The van der Waals surface area contributed by atoms with Crippen molar-refractivity contribution in [3.8, 4) is 11.5 Å². The molecule has 3 aromatic carbocycles. The second-order valence-electron chi connectivity index (χ2n) is 10.6. The van der Waals surface area contributed by atoms with Crippen LogP contribution in [-0.4, -0.2) is 16.8 Å². The van der Waals surface area contributed by atoms with Gasteiger partial charge in [0.05, 0.1) is 18.2 Å². The lowest BCUT2D eigenvalue weighted by molar-refractivity contribution is -0.119. The van der Waals surface area contributed by atoms with Crippen molar-refractivity contribution in [2.75, 3.05) is 10.2 Å². The smallest absolute Gasteiger partial charge is 0.232 e. The van der Waals surface area contributed by atoms with Crippen LogP contribution in [0.2, 0.25) is 0 Å². The highest BCUT2D eigenvalue weighted by Crippen LogP contribution is 2.52. The van der Waals surface area contributed by atoms with Crippen LogP contribution in [0.25, 0.3) is 0 Å². The Balaban J connectivity index is 1.47. The molecule has 0 bridgehead atoms. The van der Waals surface area contributed by atoms with Gasteiger partial charge in [0.2, 0.25) is 5.91 Å². The standard InChI is InChI=1S/C30H28N2O4/c1-30(2)15-22-27(25(34)16-30)29-21-12-11-20(36-17-18-7-4-3-5-8-18)13-19(21)14-26(35)32(29)23-9-6-10-24(33)28(23)31-22/h3-13,29,31,33H,14-17H2,1-2H3. The van der Waals surface area contributed by atoms with Crippen LogP contribution in [0.1, 0.15) is 49.4 Å². The molecule has 6 heteroatoms. The van der Waals surface area contributed by atoms with E-state index in [4.69, 9.17) is 4.74 Å². The first-order chi connectivity index (χ1) is 17.3. The van der Waals surface area contributed by atoms with Gasteiger partial charge in [-0.1, -0.05) is 56.3 Å². The van der Waals surface area contributed by atoms with E-state index in [0.29, 0.717) is 42.1 Å². The molecule has 182 valence electrons. The molecule has 6 rings (SSSR count). The maximum atomic E-state index is 13.7. The molecule has 0 radical (unpaired) electrons. The number of hydrogen-bond donors (Lipinski definition) is 2. The van der Waals surface area contributed by atoms with Crippen LogP contribution >= 0.6 is 0 Å². The van der Waals surface area contributed by atoms with Crippen molar-refractivity contribution >= 4 is 23.1 Å². The molecule has 1 unspecified atom stereocenters. The zero-order chi connectivity index (χ0) is 25.0. The van der Waals surface area contributed by atoms with Crippen LogP contribution < -0.4 is 15.0 Å². The highest BCUT2D eigenvalue weighted by molar-refractivity contribution is 6.08. The molecule has 2 N–H and O–H groups in total. The Hall–Kier alpha value is -4.06. The number of phenols is 1. The summed E-state index contributed by atoms with van der Waals surface area (Å²) >= 11 is 0. The van der Waals surface area contributed by atoms with E-state index in [9.17, 15) is 14.7 Å². The van der Waals surface area contributed by atoms with E-state index < -0.39 is 6.04 Å². The molecule has 0 saturated carbocycles. The minimum Gasteiger partial charge on any atom is -0.506 e. The Labute approximate surface area is 210 Å². The summed E-state index contributed by atoms with van der Waals surface area (Å²) in [6.45, 7) is 4.57. The maximum absolute atomic E-state index is 13.7. The molecule has 2 aliphatic heterocycles. The fourth-order valence-electron chi connectivity index (χ4n) is 5.69. The number of phenolic OH excluding ortho intramolecular Hbond substituents is 1. The predicted molar refractivity (Wildman–Crippen MR) is 138 cm³/mol. The largest absolute Gasteiger partial charge is 0.506 e. The van der Waals surface area contributed by atoms with Crippen LogP contribution in [-0.2, 0) is 22.6 Å². The molecule has 2 heterocycles. The van der Waals surface area contributed by atoms with Crippen molar-refractivity contribution in [1.29, 1.82) is 0 Å². The highest BCUT2D eigenvalue weighted by Gasteiger charge is 2.46. The average Bonchev–Trinajstić information content (AvgIpc) is 2.98. The van der Waals surface area contributed by atoms with Gasteiger partial charge < -0.3 is 15.2 Å². The first kappa shape index (κ1) is 22.4. The number of para-hydroxylation sites is 1. The third-order valence-corrected chi connectivity index (χ3v) is 7.28. The lowest BCUT2D eigenvalue weighted by Gasteiger charge is -2.40. The summed E-state index contributed by atoms with van der Waals surface area (Å²) in [5.74, 6) is 0.655. The number of benzene rings is 3. The molecule has 6 nitrogen and oxygen atoms in total. The van der Waals surface area contributed by atoms with E-state index in [2.05, 4.69) is 19.2 Å². The van der Waals surface area contributed by atoms with E-state index in [-0.39, 0.29) is 29.3 Å². The summed E-state index contributed by atoms with van der Waals surface area (Å²) < 4.78 is 6.03. The second-order valence-corrected chi connectivity index (χ2v) is 10.6. The highest BCUT2D eigenvalue weighted by atomic mass is 16.5. The number of amides is 1. The Bertz CT molecular complexity index is 1420. The number of nitrogens with one attached hydrogen (secondary N) is 1. The Morgan fingerprint density at radius 2 is 1.83 bits per heavy atom. The molecule has 0 saturated heterocycles. The van der Waals surface area contributed by atoms with Gasteiger partial charge in [0.25, 0.3) is 0 Å². The zero-order valence-corrected chi connectivity index (χ0v) is 20.4. The number of Topliss-reactive ketones (excluding diaryl/α,β-unsaturated/α-hetero) is 1. The van der Waals surface area contributed by atoms with Crippen LogP contribution in [0, 0.1) is 5.41 Å². The Morgan fingerprint density at radius 3 is 2.64 bits per heavy atom. The van der Waals surface area contributed by atoms with Gasteiger partial charge in [-0.25, -0.2) is 0 Å². The molecule has 0 spiro atoms. The van der Waals surface area contributed by atoms with Gasteiger partial charge in [-0.3, -0.25) is 14.5 Å². The molecule has 36 heavy (non-hydrogen) atoms. The predicted octanol–water partition coefficient (Wildman–Crippen LogP) is 5.67. The number of allylic oxidation sites excluding steroid dienone is 1. The number of aromatic hydroxyl groups is 1. The van der Waals surface area contributed by atoms with Gasteiger partial charge in [-0.2, -0.15) is 0 Å². The quantitative estimate of drug-likeness (QED) is 0.472. The fourth-order valence-corrected chi connectivity index (χ4v) is 5.69. The fraction of sp³-hybridized carbons (Fsp3) is 0.267. The van der Waals surface area contributed by atoms with Gasteiger partial charge in [0, 0.05) is 17.7 Å². The van der Waals surface area contributed by atoms with E-state index >= 15 is 0 Å². The van der Waals surface area contributed by atoms with E-state index in [1.807, 2.05) is 54.6 Å². The lowest BCUT2D eigenvalue weighted by atomic mass is 9.72. The molecule has 3 aromatic rings. The lowest BCUT2D eigenvalue weighted by Crippen LogP contribution is -2.43. The number of rotatable bonds is 3. The molecular weight excluding hydrogens is 452 g/mol. The van der Waals surface area contributed by atoms with Crippen molar-refractivity contribution in [3.63, 3.8) is 0 Å². The third-order valence-electron chi connectivity index (χ3n) is 7.28. The number of fused-ring (bicyclic) bond motifs is 6. The van der Waals surface area contributed by atoms with Crippen LogP contribution in [0.5, 0.6) is 11.5 Å². The van der Waals surface area contributed by atoms with Gasteiger partial charge in [0.15, 0.2) is 5.78 Å². The van der Waals surface area contributed by atoms with Gasteiger partial charge in [-0.15, -0.1) is 0 Å². The van der Waals surface area contributed by atoms with E-state index in [1.165, 1.54) is 0 Å². The number of ketones is 1. The number of ether oxygens (including phenoxy) is 1. The van der Waals surface area contributed by atoms with Crippen LogP contribution in [0.3, 0.4) is 0 Å². The van der Waals surface area contributed by atoms with Gasteiger partial charge in [0.1, 0.15) is 23.8 Å². The molecular formula is C30H28N2O4. The summed E-state index contributed by atoms with van der Waals surface area (Å²) in [5, 5.41) is 14.1. The van der Waals surface area contributed by atoms with Crippen molar-refractivity contribution in [2.24, 2.45) is 5.41 Å². The van der Waals surface area contributed by atoms with E-state index in [1.54, 1.807) is 17.0 Å². The molecule has 1 atom stereocenters. The molecule has 0 aromatic heterocycles. The minimum atomic E-state index is -0.557. The Morgan fingerprint density at radius 1 is 1.03 bits per heavy atom. The van der Waals surface area contributed by atoms with Crippen LogP contribution in [0.4, 0.5) is 11.4 Å². The van der Waals surface area contributed by atoms with Crippen molar-refractivity contribution < 1.29 is 19.4 Å². The SMILES string of the molecule is CC1(C)CC(=O)C2=C(C1)Nc1c(O)cccc1N1C(=O)Cc3cc(OCc4ccccc4)ccc3C21. The van der Waals surface area contributed by atoms with Gasteiger partial charge in [-0.05, 0) is 52.8 Å². The summed E-state index contributed by atoms with van der Waals surface area (Å²) in [6, 6.07) is 20.3. The summed E-state index contributed by atoms with van der Waals surface area (Å²) in [5.41, 5.74) is 5.06. The van der Waals surface area contributed by atoms with Crippen molar-refractivity contribution in [1.82, 2.24) is 0 Å². The number of carbonyl (C=O) groups excluding carboxylic acids is 2. The molecule has 1 aliphatic carbocycles. The number of hydrogen-bond acceptors (Lipinski definition) is 5. The van der Waals surface area contributed by atoms with E-state index in [0.717, 1.165) is 22.4 Å². The zero-order valence-electron chi connectivity index (χ0n) is 20.4. The number of nitrogens with zero attached hydrogens (tertiary/aromatic N) is 1. The van der Waals surface area contributed by atoms with Gasteiger partial charge >= 0.3 is 0 Å². The molecule has 0 fully saturated rings. The van der Waals surface area contributed by atoms with Crippen molar-refractivity contribution in [2.45, 2.75) is 45.8 Å². The first-order valence-electron chi connectivity index (χ1n) is 12.3. The molecule has 3 aliphatic rings. The summed E-state index contributed by atoms with van der Waals surface area (Å²) in [6.07, 6.45) is 1.24. The van der Waals surface area contributed by atoms with Crippen LogP contribution in [0.15, 0.2) is 78.0 Å². The summed E-state index contributed by atoms with van der Waals surface area (Å²) in [7, 11) is 0. The maximum Gasteiger partial charge on any atom is 0.232 e. The van der Waals surface area contributed by atoms with Crippen molar-refractivity contribution in [3.05, 3.63) is 94.7 Å². The third kappa shape index (κ3) is 3.73. The molecule has 1 amide bonds. The Kier molecular flexibility index (Phi) is 5.14. The number of anilines is 2. The topological polar surface area (TPSA) is 78.9 Å². The number of carbonyl (C=O) groups is 2. The minimum absolute atomic E-state index is 0.0288. The average molecular weight is 481 g/mol. The second kappa shape index (κ2) is 8.26.